The molecule has 2 heterocycles. The van der Waals surface area contributed by atoms with E-state index in [-0.39, 0.29) is 0 Å². The highest BCUT2D eigenvalue weighted by Crippen LogP contribution is 2.46. The van der Waals surface area contributed by atoms with Gasteiger partial charge in [-0.1, -0.05) is 31.0 Å². The third kappa shape index (κ3) is 5.57. The van der Waals surface area contributed by atoms with Crippen molar-refractivity contribution in [3.63, 3.8) is 0 Å². The average Bonchev–Trinajstić information content (AvgIpc) is 3.16. The van der Waals surface area contributed by atoms with E-state index < -0.39 is 0 Å². The lowest BCUT2D eigenvalue weighted by Crippen LogP contribution is -2.47. The number of unbranched alkanes of at least 4 members (excludes halogenated alkanes) is 1. The highest BCUT2D eigenvalue weighted by molar-refractivity contribution is 5.33. The Kier molecular flexibility index (Phi) is 8.08. The molecule has 1 aromatic rings. The minimum absolute atomic E-state index is 0.386. The Morgan fingerprint density at radius 1 is 0.933 bits per heavy atom. The maximum Gasteiger partial charge on any atom is 0.123 e. The van der Waals surface area contributed by atoms with Gasteiger partial charge in [-0.25, -0.2) is 0 Å². The second kappa shape index (κ2) is 11.0. The first kappa shape index (κ1) is 22.1. The van der Waals surface area contributed by atoms with Crippen LogP contribution in [0, 0.1) is 5.41 Å². The minimum Gasteiger partial charge on any atom is -0.493 e. The average molecular weight is 415 g/mol. The predicted molar refractivity (Wildman–Crippen MR) is 123 cm³/mol. The molecule has 2 aliphatic heterocycles. The molecule has 3 aliphatic rings. The van der Waals surface area contributed by atoms with Gasteiger partial charge in [0.1, 0.15) is 5.75 Å². The Hall–Kier alpha value is -1.10. The van der Waals surface area contributed by atoms with Gasteiger partial charge in [-0.2, -0.15) is 0 Å². The molecular formula is C26H42N2O2. The van der Waals surface area contributed by atoms with E-state index in [4.69, 9.17) is 9.47 Å². The lowest BCUT2D eigenvalue weighted by molar-refractivity contribution is -0.0367. The van der Waals surface area contributed by atoms with E-state index in [9.17, 15) is 0 Å². The van der Waals surface area contributed by atoms with E-state index in [2.05, 4.69) is 34.1 Å². The van der Waals surface area contributed by atoms with E-state index in [0.717, 1.165) is 25.3 Å². The Morgan fingerprint density at radius 2 is 1.73 bits per heavy atom. The molecule has 0 radical (unpaired) electrons. The molecule has 0 aromatic heterocycles. The van der Waals surface area contributed by atoms with Crippen molar-refractivity contribution in [1.29, 1.82) is 0 Å². The summed E-state index contributed by atoms with van der Waals surface area (Å²) in [5, 5.41) is 0. The zero-order valence-electron chi connectivity index (χ0n) is 19.1. The zero-order valence-corrected chi connectivity index (χ0v) is 19.1. The normalized spacial score (nSPS) is 28.2. The molecule has 1 spiro atoms. The third-order valence-corrected chi connectivity index (χ3v) is 7.74. The molecular weight excluding hydrogens is 372 g/mol. The lowest BCUT2D eigenvalue weighted by atomic mass is 9.76. The monoisotopic (exact) mass is 414 g/mol. The van der Waals surface area contributed by atoms with Crippen LogP contribution >= 0.6 is 0 Å². The number of benzene rings is 1. The first-order valence-electron chi connectivity index (χ1n) is 12.5. The number of nitrogens with zero attached hydrogens (tertiary/aromatic N) is 2. The van der Waals surface area contributed by atoms with Crippen LogP contribution in [0.3, 0.4) is 0 Å². The molecule has 2 saturated heterocycles. The summed E-state index contributed by atoms with van der Waals surface area (Å²) in [6.45, 7) is 8.04. The van der Waals surface area contributed by atoms with Crippen LogP contribution in [-0.4, -0.2) is 62.3 Å². The first-order valence-corrected chi connectivity index (χ1v) is 12.5. The lowest BCUT2D eigenvalue weighted by Gasteiger charge is -2.43. The quantitative estimate of drug-likeness (QED) is 0.524. The van der Waals surface area contributed by atoms with Gasteiger partial charge in [0.25, 0.3) is 0 Å². The molecule has 168 valence electrons. The summed E-state index contributed by atoms with van der Waals surface area (Å²) in [5.41, 5.74) is 1.73. The van der Waals surface area contributed by atoms with Crippen molar-refractivity contribution in [2.75, 3.05) is 46.4 Å². The number of piperidine rings is 2. The second-order valence-corrected chi connectivity index (χ2v) is 9.86. The number of ether oxygens (including phenoxy) is 2. The molecule has 4 heteroatoms. The number of para-hydroxylation sites is 1. The third-order valence-electron chi connectivity index (χ3n) is 7.74. The summed E-state index contributed by atoms with van der Waals surface area (Å²) in [7, 11) is 1.91. The number of methoxy groups -OCH3 is 1. The Morgan fingerprint density at radius 3 is 2.60 bits per heavy atom. The number of likely N-dealkylation sites (tertiary alicyclic amines) is 2. The van der Waals surface area contributed by atoms with Crippen LogP contribution in [0.4, 0.5) is 0 Å². The SMILES string of the molecule is CO[C@@H]1CCC[C@]12CCCN(Cc1ccccc1OCCCCN1CCCCC1)C2. The van der Waals surface area contributed by atoms with Crippen molar-refractivity contribution in [2.45, 2.75) is 76.9 Å². The van der Waals surface area contributed by atoms with Crippen molar-refractivity contribution < 1.29 is 9.47 Å². The van der Waals surface area contributed by atoms with Gasteiger partial charge in [-0.05, 0) is 83.6 Å². The summed E-state index contributed by atoms with van der Waals surface area (Å²) in [5.74, 6) is 1.09. The molecule has 4 rings (SSSR count). The Bertz CT molecular complexity index is 646. The molecule has 0 N–H and O–H groups in total. The molecule has 3 fully saturated rings. The maximum atomic E-state index is 6.26. The number of hydrogen-bond donors (Lipinski definition) is 0. The molecule has 1 aromatic carbocycles. The maximum absolute atomic E-state index is 6.26. The summed E-state index contributed by atoms with van der Waals surface area (Å²) in [6, 6.07) is 8.69. The molecule has 1 aliphatic carbocycles. The largest absolute Gasteiger partial charge is 0.493 e. The first-order chi connectivity index (χ1) is 14.8. The molecule has 1 saturated carbocycles. The van der Waals surface area contributed by atoms with Gasteiger partial charge in [0.05, 0.1) is 12.7 Å². The van der Waals surface area contributed by atoms with E-state index >= 15 is 0 Å². The zero-order chi connectivity index (χ0) is 20.7. The Balaban J connectivity index is 1.25. The van der Waals surface area contributed by atoms with Crippen molar-refractivity contribution in [1.82, 2.24) is 9.80 Å². The minimum atomic E-state index is 0.386. The fourth-order valence-electron chi connectivity index (χ4n) is 6.15. The van der Waals surface area contributed by atoms with Gasteiger partial charge in [0.2, 0.25) is 0 Å². The van der Waals surface area contributed by atoms with E-state index in [1.54, 1.807) is 0 Å². The van der Waals surface area contributed by atoms with Crippen molar-refractivity contribution >= 4 is 0 Å². The smallest absolute Gasteiger partial charge is 0.123 e. The van der Waals surface area contributed by atoms with Crippen LogP contribution in [0.1, 0.15) is 69.8 Å². The van der Waals surface area contributed by atoms with Gasteiger partial charge in [-0.3, -0.25) is 4.90 Å². The van der Waals surface area contributed by atoms with Gasteiger partial charge in [0, 0.05) is 31.2 Å². The van der Waals surface area contributed by atoms with Gasteiger partial charge in [-0.15, -0.1) is 0 Å². The summed E-state index contributed by atoms with van der Waals surface area (Å²) in [6.07, 6.45) is 13.5. The number of rotatable bonds is 9. The molecule has 30 heavy (non-hydrogen) atoms. The highest BCUT2D eigenvalue weighted by Gasteiger charge is 2.45. The van der Waals surface area contributed by atoms with Crippen LogP contribution in [0.5, 0.6) is 5.75 Å². The number of hydrogen-bond acceptors (Lipinski definition) is 4. The molecule has 0 unspecified atom stereocenters. The fourth-order valence-corrected chi connectivity index (χ4v) is 6.15. The molecule has 4 nitrogen and oxygen atoms in total. The van der Waals surface area contributed by atoms with E-state index in [1.807, 2.05) is 7.11 Å². The van der Waals surface area contributed by atoms with Crippen LogP contribution in [0.25, 0.3) is 0 Å². The van der Waals surface area contributed by atoms with Crippen LogP contribution < -0.4 is 4.74 Å². The van der Waals surface area contributed by atoms with E-state index in [0.29, 0.717) is 11.5 Å². The summed E-state index contributed by atoms with van der Waals surface area (Å²) < 4.78 is 12.1. The fraction of sp³-hybridized carbons (Fsp3) is 0.769. The van der Waals surface area contributed by atoms with Crippen molar-refractivity contribution in [3.8, 4) is 5.75 Å². The Labute approximate surface area is 183 Å². The summed E-state index contributed by atoms with van der Waals surface area (Å²) in [4.78, 5) is 5.28. The van der Waals surface area contributed by atoms with Gasteiger partial charge in [0.15, 0.2) is 0 Å². The second-order valence-electron chi connectivity index (χ2n) is 9.86. The van der Waals surface area contributed by atoms with Crippen LogP contribution in [-0.2, 0) is 11.3 Å². The van der Waals surface area contributed by atoms with Gasteiger partial charge >= 0.3 is 0 Å². The van der Waals surface area contributed by atoms with Crippen LogP contribution in [0.15, 0.2) is 24.3 Å². The van der Waals surface area contributed by atoms with Crippen LogP contribution in [0.2, 0.25) is 0 Å². The topological polar surface area (TPSA) is 24.9 Å². The summed E-state index contributed by atoms with van der Waals surface area (Å²) >= 11 is 0. The molecule has 0 bridgehead atoms. The molecule has 0 amide bonds. The standard InChI is InChI=1S/C26H42N2O2/c1-29-25-13-9-14-26(25)15-10-19-28(22-26)21-23-11-3-4-12-24(23)30-20-8-7-18-27-16-5-2-6-17-27/h3-4,11-12,25H,2,5-10,13-22H2,1H3/t25-,26-/m1/s1. The van der Waals surface area contributed by atoms with E-state index in [1.165, 1.54) is 96.1 Å². The van der Waals surface area contributed by atoms with Crippen molar-refractivity contribution in [2.24, 2.45) is 5.41 Å². The van der Waals surface area contributed by atoms with Gasteiger partial charge < -0.3 is 14.4 Å². The van der Waals surface area contributed by atoms with Crippen molar-refractivity contribution in [3.05, 3.63) is 29.8 Å². The molecule has 2 atom stereocenters. The highest BCUT2D eigenvalue weighted by atomic mass is 16.5. The predicted octanol–water partition coefficient (Wildman–Crippen LogP) is 5.11.